The van der Waals surface area contributed by atoms with Gasteiger partial charge in [0.1, 0.15) is 5.39 Å². The van der Waals surface area contributed by atoms with Gasteiger partial charge in [0.05, 0.1) is 12.6 Å². The van der Waals surface area contributed by atoms with Gasteiger partial charge in [0.15, 0.2) is 23.0 Å². The predicted molar refractivity (Wildman–Crippen MR) is 99.1 cm³/mol. The van der Waals surface area contributed by atoms with Crippen molar-refractivity contribution in [3.63, 3.8) is 0 Å². The van der Waals surface area contributed by atoms with E-state index in [2.05, 4.69) is 25.4 Å². The van der Waals surface area contributed by atoms with E-state index in [-0.39, 0.29) is 5.76 Å². The molecule has 10 nitrogen and oxygen atoms in total. The Balaban J connectivity index is 2.13. The van der Waals surface area contributed by atoms with Crippen LogP contribution < -0.4 is 10.2 Å². The molecule has 0 saturated carbocycles. The van der Waals surface area contributed by atoms with Gasteiger partial charge in [-0.15, -0.1) is 0 Å². The number of nitrogens with zero attached hydrogens (tertiary/aromatic N) is 7. The molecule has 0 aromatic carbocycles. The number of anilines is 2. The van der Waals surface area contributed by atoms with Crippen molar-refractivity contribution in [1.82, 2.24) is 24.6 Å². The van der Waals surface area contributed by atoms with Gasteiger partial charge in [-0.3, -0.25) is 4.79 Å². The van der Waals surface area contributed by atoms with E-state index in [0.29, 0.717) is 28.6 Å². The smallest absolute Gasteiger partial charge is 0.292 e. The molecule has 1 N–H and O–H groups in total. The van der Waals surface area contributed by atoms with Crippen molar-refractivity contribution in [2.75, 3.05) is 38.4 Å². The molecular formula is C16H20N8O2. The standard InChI is InChI=1S/C16H20N8O2/c1-22(2)9-17-12-11-13(18-15(25)10-7-6-8-26-10)21-24(5)14(11)20-16(19-12)23(3)4/h6-9H,1-5H3,(H,18,21,25)/b17-9+. The molecule has 0 radical (unpaired) electrons. The zero-order valence-corrected chi connectivity index (χ0v) is 15.3. The normalized spacial score (nSPS) is 11.3. The summed E-state index contributed by atoms with van der Waals surface area (Å²) in [5.74, 6) is 1.01. The summed E-state index contributed by atoms with van der Waals surface area (Å²) in [6, 6.07) is 3.22. The molecule has 0 bridgehead atoms. The first-order valence-corrected chi connectivity index (χ1v) is 7.84. The number of carbonyl (C=O) groups is 1. The summed E-state index contributed by atoms with van der Waals surface area (Å²) in [5.41, 5.74) is 0.560. The second-order valence-corrected chi connectivity index (χ2v) is 6.05. The number of fused-ring (bicyclic) bond motifs is 1. The summed E-state index contributed by atoms with van der Waals surface area (Å²) in [6.45, 7) is 0. The van der Waals surface area contributed by atoms with Gasteiger partial charge in [-0.2, -0.15) is 15.1 Å². The van der Waals surface area contributed by atoms with E-state index in [9.17, 15) is 4.79 Å². The third kappa shape index (κ3) is 3.34. The van der Waals surface area contributed by atoms with Crippen LogP contribution in [-0.2, 0) is 7.05 Å². The van der Waals surface area contributed by atoms with Crippen LogP contribution in [0.4, 0.5) is 17.6 Å². The summed E-state index contributed by atoms with van der Waals surface area (Å²) in [5, 5.41) is 7.65. The van der Waals surface area contributed by atoms with E-state index >= 15 is 0 Å². The third-order valence-electron chi connectivity index (χ3n) is 3.44. The number of carbonyl (C=O) groups excluding carboxylic acids is 1. The highest BCUT2D eigenvalue weighted by molar-refractivity contribution is 6.08. The number of aryl methyl sites for hydroxylation is 1. The third-order valence-corrected chi connectivity index (χ3v) is 3.44. The van der Waals surface area contributed by atoms with Crippen LogP contribution in [0.25, 0.3) is 11.0 Å². The van der Waals surface area contributed by atoms with Crippen LogP contribution in [0.5, 0.6) is 0 Å². The number of aromatic nitrogens is 4. The molecule has 0 unspecified atom stereocenters. The van der Waals surface area contributed by atoms with Gasteiger partial charge in [0.2, 0.25) is 5.95 Å². The highest BCUT2D eigenvalue weighted by atomic mass is 16.3. The maximum atomic E-state index is 12.3. The fourth-order valence-electron chi connectivity index (χ4n) is 2.25. The molecule has 0 aliphatic rings. The molecule has 0 spiro atoms. The fourth-order valence-corrected chi connectivity index (χ4v) is 2.25. The monoisotopic (exact) mass is 356 g/mol. The molecule has 10 heteroatoms. The molecule has 136 valence electrons. The first-order chi connectivity index (χ1) is 12.4. The number of rotatable bonds is 5. The zero-order chi connectivity index (χ0) is 18.8. The lowest BCUT2D eigenvalue weighted by molar-refractivity contribution is 0.0996. The number of amides is 1. The van der Waals surface area contributed by atoms with E-state index in [4.69, 9.17) is 4.42 Å². The lowest BCUT2D eigenvalue weighted by Crippen LogP contribution is -2.14. The van der Waals surface area contributed by atoms with Crippen molar-refractivity contribution in [3.05, 3.63) is 24.2 Å². The molecule has 3 rings (SSSR count). The number of aliphatic imine (C=N–C) groups is 1. The Morgan fingerprint density at radius 1 is 1.31 bits per heavy atom. The summed E-state index contributed by atoms with van der Waals surface area (Å²) in [6.07, 6.45) is 3.07. The minimum absolute atomic E-state index is 0.188. The Morgan fingerprint density at radius 3 is 2.69 bits per heavy atom. The fraction of sp³-hybridized carbons (Fsp3) is 0.312. The maximum absolute atomic E-state index is 12.3. The molecule has 0 aliphatic heterocycles. The van der Waals surface area contributed by atoms with Gasteiger partial charge in [-0.1, -0.05) is 0 Å². The minimum atomic E-state index is -0.408. The van der Waals surface area contributed by atoms with E-state index in [0.717, 1.165) is 0 Å². The molecule has 3 aromatic heterocycles. The highest BCUT2D eigenvalue weighted by Crippen LogP contribution is 2.31. The summed E-state index contributed by atoms with van der Waals surface area (Å²) >= 11 is 0. The number of furan rings is 1. The first-order valence-electron chi connectivity index (χ1n) is 7.84. The molecule has 26 heavy (non-hydrogen) atoms. The largest absolute Gasteiger partial charge is 0.459 e. The van der Waals surface area contributed by atoms with Crippen LogP contribution in [0.15, 0.2) is 27.8 Å². The number of nitrogens with one attached hydrogen (secondary N) is 1. The zero-order valence-electron chi connectivity index (χ0n) is 15.3. The summed E-state index contributed by atoms with van der Waals surface area (Å²) in [7, 11) is 9.15. The van der Waals surface area contributed by atoms with Crippen molar-refractivity contribution >= 4 is 40.9 Å². The van der Waals surface area contributed by atoms with E-state index in [1.807, 2.05) is 28.2 Å². The molecule has 1 amide bonds. The average Bonchev–Trinajstić information content (AvgIpc) is 3.21. The molecule has 0 aliphatic carbocycles. The van der Waals surface area contributed by atoms with Crippen LogP contribution in [-0.4, -0.2) is 65.1 Å². The van der Waals surface area contributed by atoms with Gasteiger partial charge in [0, 0.05) is 35.2 Å². The first kappa shape index (κ1) is 17.4. The van der Waals surface area contributed by atoms with Gasteiger partial charge < -0.3 is 19.5 Å². The van der Waals surface area contributed by atoms with Crippen molar-refractivity contribution in [2.24, 2.45) is 12.0 Å². The predicted octanol–water partition coefficient (Wildman–Crippen LogP) is 1.50. The van der Waals surface area contributed by atoms with Crippen LogP contribution >= 0.6 is 0 Å². The number of hydrogen-bond donors (Lipinski definition) is 1. The lowest BCUT2D eigenvalue weighted by Gasteiger charge is -2.11. The number of hydrogen-bond acceptors (Lipinski definition) is 7. The van der Waals surface area contributed by atoms with Crippen molar-refractivity contribution in [1.29, 1.82) is 0 Å². The van der Waals surface area contributed by atoms with Crippen LogP contribution in [0, 0.1) is 0 Å². The van der Waals surface area contributed by atoms with Gasteiger partial charge in [0.25, 0.3) is 5.91 Å². The molecule has 0 atom stereocenters. The van der Waals surface area contributed by atoms with Crippen molar-refractivity contribution in [3.8, 4) is 0 Å². The lowest BCUT2D eigenvalue weighted by atomic mass is 10.3. The van der Waals surface area contributed by atoms with Gasteiger partial charge in [-0.05, 0) is 12.1 Å². The van der Waals surface area contributed by atoms with Gasteiger partial charge in [-0.25, -0.2) is 9.67 Å². The Bertz CT molecular complexity index is 956. The minimum Gasteiger partial charge on any atom is -0.459 e. The van der Waals surface area contributed by atoms with Crippen molar-refractivity contribution in [2.45, 2.75) is 0 Å². The Labute approximate surface area is 150 Å². The quantitative estimate of drug-likeness (QED) is 0.545. The molecule has 0 fully saturated rings. The maximum Gasteiger partial charge on any atom is 0.292 e. The molecule has 0 saturated heterocycles. The van der Waals surface area contributed by atoms with E-state index in [1.165, 1.54) is 6.26 Å². The van der Waals surface area contributed by atoms with Crippen molar-refractivity contribution < 1.29 is 9.21 Å². The van der Waals surface area contributed by atoms with Gasteiger partial charge >= 0.3 is 0 Å². The average molecular weight is 356 g/mol. The Kier molecular flexibility index (Phi) is 4.57. The SMILES string of the molecule is CN(C)/C=N/c1nc(N(C)C)nc2c1c(NC(=O)c1ccco1)nn2C. The van der Waals surface area contributed by atoms with Crippen LogP contribution in [0.3, 0.4) is 0 Å². The van der Waals surface area contributed by atoms with Crippen LogP contribution in [0.2, 0.25) is 0 Å². The highest BCUT2D eigenvalue weighted by Gasteiger charge is 2.20. The second kappa shape index (κ2) is 6.82. The molecule has 3 aromatic rings. The molecule has 3 heterocycles. The summed E-state index contributed by atoms with van der Waals surface area (Å²) in [4.78, 5) is 29.3. The Morgan fingerprint density at radius 2 is 2.08 bits per heavy atom. The van der Waals surface area contributed by atoms with Crippen LogP contribution in [0.1, 0.15) is 10.6 Å². The second-order valence-electron chi connectivity index (χ2n) is 6.05. The Hall–Kier alpha value is -3.43. The van der Waals surface area contributed by atoms with E-state index in [1.54, 1.807) is 40.0 Å². The summed E-state index contributed by atoms with van der Waals surface area (Å²) < 4.78 is 6.71. The topological polar surface area (TPSA) is 105 Å². The van der Waals surface area contributed by atoms with E-state index < -0.39 is 5.91 Å². The molecular weight excluding hydrogens is 336 g/mol.